The number of amides is 2. The van der Waals surface area contributed by atoms with Crippen LogP contribution in [0.25, 0.3) is 0 Å². The fourth-order valence-corrected chi connectivity index (χ4v) is 4.10. The van der Waals surface area contributed by atoms with Gasteiger partial charge in [0.2, 0.25) is 5.91 Å². The SMILES string of the molecule is O=C(CN1CCN(C(=O)c2ccc(Br)s2)CC1)NCc1ccccc1. The van der Waals surface area contributed by atoms with Crippen LogP contribution >= 0.6 is 27.3 Å². The number of piperazine rings is 1. The van der Waals surface area contributed by atoms with E-state index in [0.717, 1.165) is 27.3 Å². The Labute approximate surface area is 159 Å². The van der Waals surface area contributed by atoms with Crippen molar-refractivity contribution >= 4 is 39.1 Å². The highest BCUT2D eigenvalue weighted by molar-refractivity contribution is 9.11. The third-order valence-corrected chi connectivity index (χ3v) is 5.75. The van der Waals surface area contributed by atoms with Crippen LogP contribution in [0.1, 0.15) is 15.2 Å². The maximum absolute atomic E-state index is 12.4. The first-order chi connectivity index (χ1) is 12.1. The number of carbonyl (C=O) groups is 2. The van der Waals surface area contributed by atoms with Crippen LogP contribution < -0.4 is 5.32 Å². The minimum absolute atomic E-state index is 0.0193. The number of carbonyl (C=O) groups excluding carboxylic acids is 2. The van der Waals surface area contributed by atoms with Gasteiger partial charge in [-0.05, 0) is 33.6 Å². The second kappa shape index (κ2) is 8.60. The molecule has 0 saturated carbocycles. The maximum Gasteiger partial charge on any atom is 0.264 e. The van der Waals surface area contributed by atoms with Gasteiger partial charge in [-0.25, -0.2) is 0 Å². The summed E-state index contributed by atoms with van der Waals surface area (Å²) in [5.41, 5.74) is 1.09. The predicted octanol–water partition coefficient (Wildman–Crippen LogP) is 2.58. The molecule has 2 aromatic rings. The number of halogens is 1. The zero-order valence-electron chi connectivity index (χ0n) is 13.8. The van der Waals surface area contributed by atoms with E-state index in [4.69, 9.17) is 0 Å². The quantitative estimate of drug-likeness (QED) is 0.806. The molecule has 1 aromatic carbocycles. The van der Waals surface area contributed by atoms with Crippen LogP contribution in [-0.2, 0) is 11.3 Å². The third kappa shape index (κ3) is 5.14. The molecule has 0 bridgehead atoms. The second-order valence-electron chi connectivity index (χ2n) is 5.93. The Kier molecular flexibility index (Phi) is 6.23. The standard InChI is InChI=1S/C18H20BrN3O2S/c19-16-7-6-15(25-16)18(24)22-10-8-21(9-11-22)13-17(23)20-12-14-4-2-1-3-5-14/h1-7H,8-13H2,(H,20,23). The highest BCUT2D eigenvalue weighted by Crippen LogP contribution is 2.23. The minimum Gasteiger partial charge on any atom is -0.351 e. The molecule has 25 heavy (non-hydrogen) atoms. The molecule has 1 N–H and O–H groups in total. The highest BCUT2D eigenvalue weighted by Gasteiger charge is 2.24. The van der Waals surface area contributed by atoms with Gasteiger partial charge in [-0.1, -0.05) is 30.3 Å². The Balaban J connectivity index is 1.41. The number of nitrogens with one attached hydrogen (secondary N) is 1. The first-order valence-corrected chi connectivity index (χ1v) is 9.80. The van der Waals surface area contributed by atoms with Crippen LogP contribution in [0.4, 0.5) is 0 Å². The lowest BCUT2D eigenvalue weighted by atomic mass is 10.2. The largest absolute Gasteiger partial charge is 0.351 e. The Morgan fingerprint density at radius 1 is 1.04 bits per heavy atom. The number of hydrogen-bond acceptors (Lipinski definition) is 4. The van der Waals surface area contributed by atoms with E-state index in [1.165, 1.54) is 11.3 Å². The van der Waals surface area contributed by atoms with Gasteiger partial charge in [-0.2, -0.15) is 0 Å². The maximum atomic E-state index is 12.4. The number of benzene rings is 1. The molecular weight excluding hydrogens is 402 g/mol. The van der Waals surface area contributed by atoms with Gasteiger partial charge in [0, 0.05) is 32.7 Å². The number of rotatable bonds is 5. The summed E-state index contributed by atoms with van der Waals surface area (Å²) >= 11 is 4.84. The van der Waals surface area contributed by atoms with Crippen molar-refractivity contribution in [3.63, 3.8) is 0 Å². The molecule has 1 saturated heterocycles. The predicted molar refractivity (Wildman–Crippen MR) is 103 cm³/mol. The van der Waals surface area contributed by atoms with Gasteiger partial charge in [-0.15, -0.1) is 11.3 Å². The average molecular weight is 422 g/mol. The smallest absolute Gasteiger partial charge is 0.264 e. The van der Waals surface area contributed by atoms with Crippen molar-refractivity contribution in [2.24, 2.45) is 0 Å². The van der Waals surface area contributed by atoms with Crippen LogP contribution in [0, 0.1) is 0 Å². The van der Waals surface area contributed by atoms with Crippen molar-refractivity contribution in [3.8, 4) is 0 Å². The normalized spacial score (nSPS) is 15.2. The zero-order valence-corrected chi connectivity index (χ0v) is 16.2. The average Bonchev–Trinajstić information content (AvgIpc) is 3.07. The highest BCUT2D eigenvalue weighted by atomic mass is 79.9. The lowest BCUT2D eigenvalue weighted by Crippen LogP contribution is -2.51. The summed E-state index contributed by atoms with van der Waals surface area (Å²) in [5, 5.41) is 2.94. The van der Waals surface area contributed by atoms with E-state index in [1.54, 1.807) is 0 Å². The first-order valence-electron chi connectivity index (χ1n) is 8.19. The summed E-state index contributed by atoms with van der Waals surface area (Å²) in [5.74, 6) is 0.0923. The van der Waals surface area contributed by atoms with Gasteiger partial charge in [0.1, 0.15) is 0 Å². The van der Waals surface area contributed by atoms with Crippen LogP contribution in [-0.4, -0.2) is 54.3 Å². The molecule has 5 nitrogen and oxygen atoms in total. The van der Waals surface area contributed by atoms with Gasteiger partial charge in [0.15, 0.2) is 0 Å². The fraction of sp³-hybridized carbons (Fsp3) is 0.333. The molecule has 0 radical (unpaired) electrons. The Morgan fingerprint density at radius 2 is 1.76 bits per heavy atom. The molecule has 1 aliphatic rings. The van der Waals surface area contributed by atoms with Crippen LogP contribution in [0.15, 0.2) is 46.3 Å². The van der Waals surface area contributed by atoms with Crippen molar-refractivity contribution in [1.82, 2.24) is 15.1 Å². The molecule has 0 atom stereocenters. The van der Waals surface area contributed by atoms with E-state index in [0.29, 0.717) is 26.2 Å². The van der Waals surface area contributed by atoms with E-state index < -0.39 is 0 Å². The molecule has 1 aliphatic heterocycles. The number of nitrogens with zero attached hydrogens (tertiary/aromatic N) is 2. The summed E-state index contributed by atoms with van der Waals surface area (Å²) in [6.07, 6.45) is 0. The molecule has 0 spiro atoms. The minimum atomic E-state index is 0.0193. The number of thiophene rings is 1. The molecule has 7 heteroatoms. The molecule has 1 aromatic heterocycles. The zero-order chi connectivity index (χ0) is 17.6. The van der Waals surface area contributed by atoms with Gasteiger partial charge in [0.05, 0.1) is 15.2 Å². The molecule has 2 heterocycles. The molecule has 2 amide bonds. The van der Waals surface area contributed by atoms with E-state index in [-0.39, 0.29) is 11.8 Å². The summed E-state index contributed by atoms with van der Waals surface area (Å²) in [6.45, 7) is 3.67. The van der Waals surface area contributed by atoms with E-state index >= 15 is 0 Å². The molecule has 0 aliphatic carbocycles. The van der Waals surface area contributed by atoms with Crippen molar-refractivity contribution in [3.05, 3.63) is 56.7 Å². The molecular formula is C18H20BrN3O2S. The van der Waals surface area contributed by atoms with Gasteiger partial charge >= 0.3 is 0 Å². The van der Waals surface area contributed by atoms with E-state index in [2.05, 4.69) is 26.1 Å². The van der Waals surface area contributed by atoms with E-state index in [9.17, 15) is 9.59 Å². The third-order valence-electron chi connectivity index (χ3n) is 4.14. The Morgan fingerprint density at radius 3 is 2.40 bits per heavy atom. The van der Waals surface area contributed by atoms with Crippen molar-refractivity contribution in [1.29, 1.82) is 0 Å². The van der Waals surface area contributed by atoms with Crippen molar-refractivity contribution in [2.45, 2.75) is 6.54 Å². The fourth-order valence-electron chi connectivity index (χ4n) is 2.75. The summed E-state index contributed by atoms with van der Waals surface area (Å²) in [7, 11) is 0. The molecule has 132 valence electrons. The van der Waals surface area contributed by atoms with Gasteiger partial charge in [0.25, 0.3) is 5.91 Å². The molecule has 0 unspecified atom stereocenters. The second-order valence-corrected chi connectivity index (χ2v) is 8.40. The topological polar surface area (TPSA) is 52.7 Å². The number of hydrogen-bond donors (Lipinski definition) is 1. The van der Waals surface area contributed by atoms with Gasteiger partial charge < -0.3 is 10.2 Å². The monoisotopic (exact) mass is 421 g/mol. The van der Waals surface area contributed by atoms with Crippen LogP contribution in [0.2, 0.25) is 0 Å². The molecule has 1 fully saturated rings. The summed E-state index contributed by atoms with van der Waals surface area (Å²) < 4.78 is 0.963. The van der Waals surface area contributed by atoms with Crippen molar-refractivity contribution < 1.29 is 9.59 Å². The lowest BCUT2D eigenvalue weighted by molar-refractivity contribution is -0.122. The Hall–Kier alpha value is -1.70. The van der Waals surface area contributed by atoms with Crippen molar-refractivity contribution in [2.75, 3.05) is 32.7 Å². The Bertz CT molecular complexity index is 727. The van der Waals surface area contributed by atoms with Crippen LogP contribution in [0.3, 0.4) is 0 Å². The van der Waals surface area contributed by atoms with Crippen LogP contribution in [0.5, 0.6) is 0 Å². The first kappa shape index (κ1) is 18.1. The summed E-state index contributed by atoms with van der Waals surface area (Å²) in [4.78, 5) is 29.2. The molecule has 3 rings (SSSR count). The van der Waals surface area contributed by atoms with Gasteiger partial charge in [-0.3, -0.25) is 14.5 Å². The van der Waals surface area contributed by atoms with E-state index in [1.807, 2.05) is 47.4 Å². The lowest BCUT2D eigenvalue weighted by Gasteiger charge is -2.34. The summed E-state index contributed by atoms with van der Waals surface area (Å²) in [6, 6.07) is 13.6.